The minimum absolute atomic E-state index is 0.321. The molecule has 1 rings (SSSR count). The molecule has 0 unspecified atom stereocenters. The molecule has 1 amide bonds. The molecular formula is C10H17N3O2. The Morgan fingerprint density at radius 1 is 0.933 bits per heavy atom. The van der Waals surface area contributed by atoms with Gasteiger partial charge in [-0.2, -0.15) is 5.11 Å². The zero-order valence-electron chi connectivity index (χ0n) is 8.87. The molecule has 0 saturated heterocycles. The van der Waals surface area contributed by atoms with E-state index >= 15 is 0 Å². The minimum atomic E-state index is -0.641. The number of Topliss-reactive ketones (excluding diaryl/α,β-unsaturated/α-hetero) is 1. The van der Waals surface area contributed by atoms with Crippen LogP contribution in [-0.2, 0) is 9.59 Å². The van der Waals surface area contributed by atoms with Crippen molar-refractivity contribution in [3.63, 3.8) is 0 Å². The summed E-state index contributed by atoms with van der Waals surface area (Å²) < 4.78 is 0. The first-order chi connectivity index (χ1) is 7.30. The van der Waals surface area contributed by atoms with E-state index in [2.05, 4.69) is 15.8 Å². The first-order valence-electron chi connectivity index (χ1n) is 5.50. The second-order valence-electron chi connectivity index (χ2n) is 3.70. The average molecular weight is 211 g/mol. The first-order valence-corrected chi connectivity index (χ1v) is 5.50. The highest BCUT2D eigenvalue weighted by Crippen LogP contribution is 2.08. The van der Waals surface area contributed by atoms with E-state index in [4.69, 9.17) is 0 Å². The molecule has 0 aromatic carbocycles. The van der Waals surface area contributed by atoms with Crippen LogP contribution in [0.4, 0.5) is 0 Å². The smallest absolute Gasteiger partial charge is 0.289 e. The van der Waals surface area contributed by atoms with Gasteiger partial charge in [0.25, 0.3) is 0 Å². The quantitative estimate of drug-likeness (QED) is 0.620. The Labute approximate surface area is 89.3 Å². The van der Waals surface area contributed by atoms with Crippen molar-refractivity contribution in [3.05, 3.63) is 0 Å². The predicted molar refractivity (Wildman–Crippen MR) is 55.2 cm³/mol. The van der Waals surface area contributed by atoms with Gasteiger partial charge in [-0.05, 0) is 12.8 Å². The van der Waals surface area contributed by atoms with Gasteiger partial charge in [0, 0.05) is 6.42 Å². The Bertz CT molecular complexity index is 251. The fraction of sp³-hybridized carbons (Fsp3) is 0.800. The molecule has 1 heterocycles. The lowest BCUT2D eigenvalue weighted by Gasteiger charge is -1.99. The van der Waals surface area contributed by atoms with Crippen LogP contribution in [0.5, 0.6) is 0 Å². The van der Waals surface area contributed by atoms with E-state index in [1.807, 2.05) is 0 Å². The fourth-order valence-corrected chi connectivity index (χ4v) is 1.48. The highest BCUT2D eigenvalue weighted by atomic mass is 16.2. The molecule has 0 saturated carbocycles. The van der Waals surface area contributed by atoms with Crippen LogP contribution in [0.1, 0.15) is 44.9 Å². The van der Waals surface area contributed by atoms with Crippen molar-refractivity contribution in [1.29, 1.82) is 0 Å². The van der Waals surface area contributed by atoms with Crippen LogP contribution >= 0.6 is 0 Å². The second kappa shape index (κ2) is 7.09. The second-order valence-corrected chi connectivity index (χ2v) is 3.70. The Morgan fingerprint density at radius 2 is 1.60 bits per heavy atom. The number of amides is 1. The summed E-state index contributed by atoms with van der Waals surface area (Å²) in [6.07, 6.45) is 6.57. The molecule has 0 fully saturated rings. The molecule has 0 spiro atoms. The number of nitrogens with one attached hydrogen (secondary N) is 1. The van der Waals surface area contributed by atoms with Crippen LogP contribution in [0, 0.1) is 0 Å². The van der Waals surface area contributed by atoms with Gasteiger partial charge in [-0.15, -0.1) is 0 Å². The van der Waals surface area contributed by atoms with E-state index < -0.39 is 11.7 Å². The molecule has 15 heavy (non-hydrogen) atoms. The summed E-state index contributed by atoms with van der Waals surface area (Å²) in [5.74, 6) is -1.04. The zero-order valence-corrected chi connectivity index (χ0v) is 8.87. The normalized spacial score (nSPS) is 21.1. The lowest BCUT2D eigenvalue weighted by molar-refractivity contribution is -0.138. The van der Waals surface area contributed by atoms with Gasteiger partial charge < -0.3 is 0 Å². The lowest BCUT2D eigenvalue weighted by atomic mass is 10.1. The van der Waals surface area contributed by atoms with Gasteiger partial charge in [-0.3, -0.25) is 9.59 Å². The van der Waals surface area contributed by atoms with Crippen molar-refractivity contribution in [3.8, 4) is 0 Å². The summed E-state index contributed by atoms with van der Waals surface area (Å²) in [5.41, 5.74) is 2.14. The average Bonchev–Trinajstić information content (AvgIpc) is 2.25. The van der Waals surface area contributed by atoms with Gasteiger partial charge in [0.1, 0.15) is 0 Å². The van der Waals surface area contributed by atoms with Gasteiger partial charge >= 0.3 is 5.91 Å². The Morgan fingerprint density at radius 3 is 2.40 bits per heavy atom. The van der Waals surface area contributed by atoms with Gasteiger partial charge in [0.05, 0.1) is 6.54 Å². The molecule has 1 N–H and O–H groups in total. The Kier molecular flexibility index (Phi) is 5.58. The number of hydrogen-bond donors (Lipinski definition) is 1. The van der Waals surface area contributed by atoms with Gasteiger partial charge in [0.2, 0.25) is 5.78 Å². The van der Waals surface area contributed by atoms with Gasteiger partial charge in [0.15, 0.2) is 0 Å². The van der Waals surface area contributed by atoms with Crippen molar-refractivity contribution in [2.45, 2.75) is 44.9 Å². The lowest BCUT2D eigenvalue weighted by Crippen LogP contribution is -2.26. The number of carbonyl (C=O) groups is 2. The Balaban J connectivity index is 2.39. The topological polar surface area (TPSA) is 70.9 Å². The summed E-state index contributed by atoms with van der Waals surface area (Å²) in [6, 6.07) is 0. The van der Waals surface area contributed by atoms with Crippen LogP contribution in [0.2, 0.25) is 0 Å². The van der Waals surface area contributed by atoms with Crippen molar-refractivity contribution in [2.24, 2.45) is 10.3 Å². The largest absolute Gasteiger partial charge is 0.308 e. The number of nitrogens with zero attached hydrogens (tertiary/aromatic N) is 2. The van der Waals surface area contributed by atoms with E-state index in [9.17, 15) is 9.59 Å². The summed E-state index contributed by atoms with van der Waals surface area (Å²) in [5, 5.41) is 7.23. The van der Waals surface area contributed by atoms with Crippen molar-refractivity contribution >= 4 is 11.7 Å². The molecule has 0 aromatic heterocycles. The summed E-state index contributed by atoms with van der Waals surface area (Å²) in [7, 11) is 0. The van der Waals surface area contributed by atoms with Crippen molar-refractivity contribution in [1.82, 2.24) is 5.43 Å². The molecule has 0 aromatic rings. The number of carbonyl (C=O) groups excluding carboxylic acids is 2. The van der Waals surface area contributed by atoms with Crippen molar-refractivity contribution < 1.29 is 9.59 Å². The third kappa shape index (κ3) is 5.24. The van der Waals surface area contributed by atoms with E-state index in [-0.39, 0.29) is 0 Å². The molecule has 5 heteroatoms. The SMILES string of the molecule is O=C1CCCCCCCCN=NNC1=O. The maximum atomic E-state index is 11.2. The molecular weight excluding hydrogens is 194 g/mol. The monoisotopic (exact) mass is 211 g/mol. The number of rotatable bonds is 0. The highest BCUT2D eigenvalue weighted by molar-refractivity contribution is 6.35. The first kappa shape index (κ1) is 11.8. The zero-order chi connectivity index (χ0) is 10.9. The molecule has 0 radical (unpaired) electrons. The fourth-order valence-electron chi connectivity index (χ4n) is 1.48. The maximum absolute atomic E-state index is 11.2. The molecule has 1 aliphatic rings. The van der Waals surface area contributed by atoms with Crippen LogP contribution in [0.25, 0.3) is 0 Å². The van der Waals surface area contributed by atoms with Gasteiger partial charge in [-0.25, -0.2) is 5.43 Å². The van der Waals surface area contributed by atoms with E-state index in [1.54, 1.807) is 0 Å². The van der Waals surface area contributed by atoms with Crippen molar-refractivity contribution in [2.75, 3.05) is 6.54 Å². The Hall–Kier alpha value is -1.26. The van der Waals surface area contributed by atoms with Crippen LogP contribution in [0.15, 0.2) is 10.3 Å². The molecule has 0 bridgehead atoms. The van der Waals surface area contributed by atoms with E-state index in [0.717, 1.165) is 32.1 Å². The highest BCUT2D eigenvalue weighted by Gasteiger charge is 2.12. The third-order valence-corrected chi connectivity index (χ3v) is 2.39. The summed E-state index contributed by atoms with van der Waals surface area (Å²) in [6.45, 7) is 0.620. The minimum Gasteiger partial charge on any atom is -0.289 e. The number of hydrogen-bond acceptors (Lipinski definition) is 4. The standard InChI is InChI=1S/C10H17N3O2/c14-9-7-5-3-1-2-4-6-8-11-13-12-10(9)15/h1-8H2,(H,11,12,15). The van der Waals surface area contributed by atoms with Crippen LogP contribution < -0.4 is 5.43 Å². The van der Waals surface area contributed by atoms with Crippen LogP contribution in [0.3, 0.4) is 0 Å². The molecule has 0 atom stereocenters. The number of ketones is 1. The molecule has 0 aliphatic carbocycles. The molecule has 84 valence electrons. The molecule has 1 aliphatic heterocycles. The third-order valence-electron chi connectivity index (χ3n) is 2.39. The molecule has 5 nitrogen and oxygen atoms in total. The van der Waals surface area contributed by atoms with Gasteiger partial charge in [-0.1, -0.05) is 30.9 Å². The summed E-state index contributed by atoms with van der Waals surface area (Å²) >= 11 is 0. The van der Waals surface area contributed by atoms with E-state index in [1.165, 1.54) is 6.42 Å². The summed E-state index contributed by atoms with van der Waals surface area (Å²) in [4.78, 5) is 22.3. The predicted octanol–water partition coefficient (Wildman–Crippen LogP) is 1.78. The van der Waals surface area contributed by atoms with E-state index in [0.29, 0.717) is 13.0 Å². The maximum Gasteiger partial charge on any atom is 0.308 e. The van der Waals surface area contributed by atoms with Crippen LogP contribution in [-0.4, -0.2) is 18.2 Å².